The summed E-state index contributed by atoms with van der Waals surface area (Å²) >= 11 is 8.05. The Labute approximate surface area is 125 Å². The van der Waals surface area contributed by atoms with Gasteiger partial charge in [-0.25, -0.2) is 0 Å². The van der Waals surface area contributed by atoms with Crippen LogP contribution in [0.3, 0.4) is 0 Å². The molecule has 102 valence electrons. The lowest BCUT2D eigenvalue weighted by Crippen LogP contribution is -2.04. The molecule has 2 heterocycles. The van der Waals surface area contributed by atoms with E-state index in [4.69, 9.17) is 17.3 Å². The summed E-state index contributed by atoms with van der Waals surface area (Å²) < 4.78 is 2.15. The molecule has 3 aromatic rings. The SMILES string of the molecule is Nc1ccc(Cl)c(-c2nnc3sc4c(n23)CCCC4)c1. The Morgan fingerprint density at radius 2 is 2.05 bits per heavy atom. The largest absolute Gasteiger partial charge is 0.399 e. The van der Waals surface area contributed by atoms with Crippen molar-refractivity contribution < 1.29 is 0 Å². The maximum absolute atomic E-state index is 6.30. The van der Waals surface area contributed by atoms with Crippen molar-refractivity contribution in [1.82, 2.24) is 14.6 Å². The molecule has 0 aliphatic heterocycles. The van der Waals surface area contributed by atoms with Gasteiger partial charge in [-0.1, -0.05) is 22.9 Å². The van der Waals surface area contributed by atoms with Crippen molar-refractivity contribution in [3.8, 4) is 11.4 Å². The topological polar surface area (TPSA) is 56.2 Å². The molecule has 1 aliphatic rings. The van der Waals surface area contributed by atoms with Gasteiger partial charge in [0.2, 0.25) is 4.96 Å². The molecule has 0 unspecified atom stereocenters. The second-order valence-electron chi connectivity index (χ2n) is 5.06. The van der Waals surface area contributed by atoms with Crippen LogP contribution in [-0.4, -0.2) is 14.6 Å². The summed E-state index contributed by atoms with van der Waals surface area (Å²) in [4.78, 5) is 2.38. The van der Waals surface area contributed by atoms with E-state index in [2.05, 4.69) is 14.6 Å². The number of aryl methyl sites for hydroxylation is 2. The zero-order chi connectivity index (χ0) is 13.7. The van der Waals surface area contributed by atoms with Crippen LogP contribution in [0.4, 0.5) is 5.69 Å². The number of thiazole rings is 1. The first-order valence-electron chi connectivity index (χ1n) is 6.65. The molecule has 0 fully saturated rings. The molecule has 0 amide bonds. The molecule has 2 aromatic heterocycles. The van der Waals surface area contributed by atoms with Crippen LogP contribution < -0.4 is 5.73 Å². The molecular weight excluding hydrogens is 292 g/mol. The first-order chi connectivity index (χ1) is 9.74. The number of fused-ring (bicyclic) bond motifs is 3. The van der Waals surface area contributed by atoms with E-state index >= 15 is 0 Å². The molecule has 1 aromatic carbocycles. The lowest BCUT2D eigenvalue weighted by molar-refractivity contribution is 0.675. The van der Waals surface area contributed by atoms with Gasteiger partial charge in [-0.2, -0.15) is 0 Å². The third-order valence-electron chi connectivity index (χ3n) is 3.74. The van der Waals surface area contributed by atoms with Gasteiger partial charge in [0.05, 0.1) is 5.02 Å². The predicted molar refractivity (Wildman–Crippen MR) is 82.4 cm³/mol. The van der Waals surface area contributed by atoms with Crippen LogP contribution in [0.1, 0.15) is 23.4 Å². The van der Waals surface area contributed by atoms with Crippen molar-refractivity contribution in [1.29, 1.82) is 0 Å². The van der Waals surface area contributed by atoms with Gasteiger partial charge in [0, 0.05) is 21.8 Å². The number of aromatic nitrogens is 3. The monoisotopic (exact) mass is 304 g/mol. The molecule has 0 spiro atoms. The normalized spacial score (nSPS) is 14.7. The number of hydrogen-bond donors (Lipinski definition) is 1. The van der Waals surface area contributed by atoms with E-state index in [0.29, 0.717) is 10.7 Å². The van der Waals surface area contributed by atoms with Crippen molar-refractivity contribution in [2.75, 3.05) is 5.73 Å². The quantitative estimate of drug-likeness (QED) is 0.699. The van der Waals surface area contributed by atoms with Crippen LogP contribution in [0.2, 0.25) is 5.02 Å². The fraction of sp³-hybridized carbons (Fsp3) is 0.286. The van der Waals surface area contributed by atoms with E-state index in [1.54, 1.807) is 17.4 Å². The number of anilines is 1. The van der Waals surface area contributed by atoms with Gasteiger partial charge in [0.15, 0.2) is 5.82 Å². The Bertz CT molecular complexity index is 805. The fourth-order valence-electron chi connectivity index (χ4n) is 2.79. The van der Waals surface area contributed by atoms with Crippen molar-refractivity contribution in [3.63, 3.8) is 0 Å². The van der Waals surface area contributed by atoms with E-state index in [0.717, 1.165) is 29.2 Å². The van der Waals surface area contributed by atoms with Crippen LogP contribution in [0.25, 0.3) is 16.3 Å². The van der Waals surface area contributed by atoms with Crippen LogP contribution in [0.15, 0.2) is 18.2 Å². The standard InChI is InChI=1S/C14H13ClN4S/c15-10-6-5-8(16)7-9(10)13-17-18-14-19(13)11-3-1-2-4-12(11)20-14/h5-7H,1-4,16H2. The fourth-order valence-corrected chi connectivity index (χ4v) is 4.14. The summed E-state index contributed by atoms with van der Waals surface area (Å²) in [6, 6.07) is 5.48. The van der Waals surface area contributed by atoms with E-state index in [1.807, 2.05) is 12.1 Å². The molecule has 0 saturated carbocycles. The molecule has 4 rings (SSSR count). The smallest absolute Gasteiger partial charge is 0.216 e. The molecule has 2 N–H and O–H groups in total. The number of nitrogens with zero attached hydrogens (tertiary/aromatic N) is 3. The van der Waals surface area contributed by atoms with E-state index in [9.17, 15) is 0 Å². The van der Waals surface area contributed by atoms with Gasteiger partial charge < -0.3 is 5.73 Å². The summed E-state index contributed by atoms with van der Waals surface area (Å²) in [5.41, 5.74) is 8.76. The van der Waals surface area contributed by atoms with Crippen molar-refractivity contribution in [2.24, 2.45) is 0 Å². The van der Waals surface area contributed by atoms with E-state index in [1.165, 1.54) is 23.4 Å². The molecule has 20 heavy (non-hydrogen) atoms. The zero-order valence-corrected chi connectivity index (χ0v) is 12.3. The van der Waals surface area contributed by atoms with Gasteiger partial charge in [-0.05, 0) is 43.9 Å². The minimum Gasteiger partial charge on any atom is -0.399 e. The predicted octanol–water partition coefficient (Wildman–Crippen LogP) is 3.57. The van der Waals surface area contributed by atoms with Gasteiger partial charge >= 0.3 is 0 Å². The Morgan fingerprint density at radius 1 is 1.20 bits per heavy atom. The number of hydrogen-bond acceptors (Lipinski definition) is 4. The van der Waals surface area contributed by atoms with Crippen LogP contribution in [0, 0.1) is 0 Å². The minimum absolute atomic E-state index is 0.657. The third kappa shape index (κ3) is 1.73. The molecule has 4 nitrogen and oxygen atoms in total. The van der Waals surface area contributed by atoms with Crippen LogP contribution >= 0.6 is 22.9 Å². The second-order valence-corrected chi connectivity index (χ2v) is 6.53. The third-order valence-corrected chi connectivity index (χ3v) is 5.20. The average Bonchev–Trinajstić information content (AvgIpc) is 3.00. The summed E-state index contributed by atoms with van der Waals surface area (Å²) in [6.45, 7) is 0. The van der Waals surface area contributed by atoms with Gasteiger partial charge in [-0.15, -0.1) is 10.2 Å². The highest BCUT2D eigenvalue weighted by Crippen LogP contribution is 2.35. The summed E-state index contributed by atoms with van der Waals surface area (Å²) in [5.74, 6) is 0.803. The summed E-state index contributed by atoms with van der Waals surface area (Å²) in [5, 5.41) is 9.28. The van der Waals surface area contributed by atoms with Crippen LogP contribution in [0.5, 0.6) is 0 Å². The highest BCUT2D eigenvalue weighted by atomic mass is 35.5. The molecular formula is C14H13ClN4S. The number of nitrogens with two attached hydrogens (primary N) is 1. The maximum atomic E-state index is 6.30. The molecule has 0 bridgehead atoms. The number of nitrogen functional groups attached to an aromatic ring is 1. The highest BCUT2D eigenvalue weighted by Gasteiger charge is 2.21. The highest BCUT2D eigenvalue weighted by molar-refractivity contribution is 7.17. The Kier molecular flexibility index (Phi) is 2.72. The lowest BCUT2D eigenvalue weighted by Gasteiger charge is -2.11. The van der Waals surface area contributed by atoms with Crippen LogP contribution in [-0.2, 0) is 12.8 Å². The molecule has 6 heteroatoms. The summed E-state index contributed by atoms with van der Waals surface area (Å²) in [6.07, 6.45) is 4.72. The average molecular weight is 305 g/mol. The van der Waals surface area contributed by atoms with Gasteiger partial charge in [0.25, 0.3) is 0 Å². The molecule has 0 saturated heterocycles. The minimum atomic E-state index is 0.657. The lowest BCUT2D eigenvalue weighted by atomic mass is 10.0. The Morgan fingerprint density at radius 3 is 2.95 bits per heavy atom. The van der Waals surface area contributed by atoms with Crippen molar-refractivity contribution in [3.05, 3.63) is 33.8 Å². The first kappa shape index (κ1) is 12.2. The number of rotatable bonds is 1. The van der Waals surface area contributed by atoms with E-state index < -0.39 is 0 Å². The number of halogens is 1. The van der Waals surface area contributed by atoms with Gasteiger partial charge in [0.1, 0.15) is 0 Å². The molecule has 0 atom stereocenters. The van der Waals surface area contributed by atoms with Crippen molar-refractivity contribution in [2.45, 2.75) is 25.7 Å². The maximum Gasteiger partial charge on any atom is 0.216 e. The molecule has 0 radical (unpaired) electrons. The Hall–Kier alpha value is -1.59. The summed E-state index contributed by atoms with van der Waals surface area (Å²) in [7, 11) is 0. The first-order valence-corrected chi connectivity index (χ1v) is 7.84. The Balaban J connectivity index is 2.00. The zero-order valence-electron chi connectivity index (χ0n) is 10.8. The van der Waals surface area contributed by atoms with Crippen molar-refractivity contribution >= 4 is 33.6 Å². The number of benzene rings is 1. The van der Waals surface area contributed by atoms with E-state index in [-0.39, 0.29) is 0 Å². The second kappa shape index (κ2) is 4.46. The molecule has 1 aliphatic carbocycles. The van der Waals surface area contributed by atoms with Gasteiger partial charge in [-0.3, -0.25) is 4.40 Å².